The van der Waals surface area contributed by atoms with Crippen molar-refractivity contribution in [3.63, 3.8) is 0 Å². The SMILES string of the molecule is CCOC(=O)C(CC)(C(C)=O)C(C)CC. The van der Waals surface area contributed by atoms with Crippen LogP contribution in [-0.2, 0) is 14.3 Å². The zero-order valence-corrected chi connectivity index (χ0v) is 10.4. The fourth-order valence-corrected chi connectivity index (χ4v) is 2.04. The molecule has 0 bridgehead atoms. The van der Waals surface area contributed by atoms with E-state index in [4.69, 9.17) is 4.74 Å². The monoisotopic (exact) mass is 214 g/mol. The van der Waals surface area contributed by atoms with Gasteiger partial charge in [-0.15, -0.1) is 0 Å². The average Bonchev–Trinajstić information content (AvgIpc) is 2.19. The van der Waals surface area contributed by atoms with E-state index in [1.165, 1.54) is 6.92 Å². The number of carbonyl (C=O) groups excluding carboxylic acids is 2. The Morgan fingerprint density at radius 1 is 1.27 bits per heavy atom. The maximum absolute atomic E-state index is 11.9. The Hall–Kier alpha value is -0.860. The molecule has 88 valence electrons. The first-order valence-electron chi connectivity index (χ1n) is 5.65. The van der Waals surface area contributed by atoms with Crippen LogP contribution in [-0.4, -0.2) is 18.4 Å². The first-order valence-corrected chi connectivity index (χ1v) is 5.65. The maximum Gasteiger partial charge on any atom is 0.319 e. The molecule has 2 atom stereocenters. The van der Waals surface area contributed by atoms with E-state index in [2.05, 4.69) is 0 Å². The van der Waals surface area contributed by atoms with Crippen molar-refractivity contribution in [3.05, 3.63) is 0 Å². The highest BCUT2D eigenvalue weighted by molar-refractivity contribution is 6.03. The van der Waals surface area contributed by atoms with Crippen LogP contribution < -0.4 is 0 Å². The summed E-state index contributed by atoms with van der Waals surface area (Å²) >= 11 is 0. The number of ether oxygens (including phenoxy) is 1. The molecule has 3 nitrogen and oxygen atoms in total. The summed E-state index contributed by atoms with van der Waals surface area (Å²) < 4.78 is 5.02. The van der Waals surface area contributed by atoms with Crippen molar-refractivity contribution in [2.75, 3.05) is 6.61 Å². The fraction of sp³-hybridized carbons (Fsp3) is 0.833. The third kappa shape index (κ3) is 2.58. The lowest BCUT2D eigenvalue weighted by atomic mass is 9.70. The number of ketones is 1. The molecule has 3 heteroatoms. The van der Waals surface area contributed by atoms with Crippen molar-refractivity contribution >= 4 is 11.8 Å². The van der Waals surface area contributed by atoms with Gasteiger partial charge in [-0.1, -0.05) is 27.2 Å². The molecule has 0 N–H and O–H groups in total. The summed E-state index contributed by atoms with van der Waals surface area (Å²) in [6.07, 6.45) is 1.31. The first kappa shape index (κ1) is 14.1. The molecule has 0 aromatic heterocycles. The van der Waals surface area contributed by atoms with Crippen LogP contribution in [0.5, 0.6) is 0 Å². The minimum Gasteiger partial charge on any atom is -0.465 e. The quantitative estimate of drug-likeness (QED) is 0.504. The predicted molar refractivity (Wildman–Crippen MR) is 59.5 cm³/mol. The van der Waals surface area contributed by atoms with Gasteiger partial charge >= 0.3 is 5.97 Å². The van der Waals surface area contributed by atoms with Crippen LogP contribution in [0.3, 0.4) is 0 Å². The van der Waals surface area contributed by atoms with Crippen molar-refractivity contribution in [2.24, 2.45) is 11.3 Å². The van der Waals surface area contributed by atoms with Gasteiger partial charge in [0.15, 0.2) is 0 Å². The highest BCUT2D eigenvalue weighted by atomic mass is 16.5. The summed E-state index contributed by atoms with van der Waals surface area (Å²) in [6.45, 7) is 9.34. The molecule has 0 spiro atoms. The van der Waals surface area contributed by atoms with Gasteiger partial charge in [0.1, 0.15) is 11.2 Å². The number of rotatable bonds is 6. The van der Waals surface area contributed by atoms with Crippen LogP contribution in [0.4, 0.5) is 0 Å². The smallest absolute Gasteiger partial charge is 0.319 e. The Morgan fingerprint density at radius 3 is 2.07 bits per heavy atom. The lowest BCUT2D eigenvalue weighted by Crippen LogP contribution is -2.44. The van der Waals surface area contributed by atoms with Gasteiger partial charge in [-0.25, -0.2) is 0 Å². The van der Waals surface area contributed by atoms with Crippen molar-refractivity contribution in [3.8, 4) is 0 Å². The van der Waals surface area contributed by atoms with Gasteiger partial charge in [0, 0.05) is 0 Å². The number of hydrogen-bond acceptors (Lipinski definition) is 3. The lowest BCUT2D eigenvalue weighted by Gasteiger charge is -2.33. The second kappa shape index (κ2) is 5.89. The van der Waals surface area contributed by atoms with E-state index in [-0.39, 0.29) is 17.7 Å². The summed E-state index contributed by atoms with van der Waals surface area (Å²) in [7, 11) is 0. The number of hydrogen-bond donors (Lipinski definition) is 0. The molecule has 0 aliphatic carbocycles. The summed E-state index contributed by atoms with van der Waals surface area (Å²) in [5, 5.41) is 0. The topological polar surface area (TPSA) is 43.4 Å². The largest absolute Gasteiger partial charge is 0.465 e. The van der Waals surface area contributed by atoms with E-state index in [0.29, 0.717) is 13.0 Å². The van der Waals surface area contributed by atoms with Crippen LogP contribution in [0.25, 0.3) is 0 Å². The highest BCUT2D eigenvalue weighted by Gasteiger charge is 2.46. The molecule has 0 heterocycles. The molecular weight excluding hydrogens is 192 g/mol. The summed E-state index contributed by atoms with van der Waals surface area (Å²) in [6, 6.07) is 0. The maximum atomic E-state index is 11.9. The molecule has 0 saturated heterocycles. The molecule has 0 aliphatic rings. The second-order valence-electron chi connectivity index (χ2n) is 3.91. The van der Waals surface area contributed by atoms with Crippen molar-refractivity contribution < 1.29 is 14.3 Å². The highest BCUT2D eigenvalue weighted by Crippen LogP contribution is 2.36. The van der Waals surface area contributed by atoms with Crippen molar-refractivity contribution in [2.45, 2.75) is 47.5 Å². The predicted octanol–water partition coefficient (Wildman–Crippen LogP) is 2.58. The normalized spacial score (nSPS) is 16.6. The molecule has 2 unspecified atom stereocenters. The molecule has 0 aromatic rings. The van der Waals surface area contributed by atoms with Gasteiger partial charge in [0.2, 0.25) is 0 Å². The second-order valence-corrected chi connectivity index (χ2v) is 3.91. The van der Waals surface area contributed by atoms with Gasteiger partial charge < -0.3 is 4.74 Å². The standard InChI is InChI=1S/C12H22O3/c1-6-9(4)12(7-2,10(5)13)11(14)15-8-3/h9H,6-8H2,1-5H3. The van der Waals surface area contributed by atoms with Crippen LogP contribution in [0.15, 0.2) is 0 Å². The van der Waals surface area contributed by atoms with E-state index >= 15 is 0 Å². The van der Waals surface area contributed by atoms with Crippen molar-refractivity contribution in [1.29, 1.82) is 0 Å². The molecule has 0 fully saturated rings. The lowest BCUT2D eigenvalue weighted by molar-refractivity contribution is -0.163. The number of esters is 1. The molecule has 0 aromatic carbocycles. The van der Waals surface area contributed by atoms with E-state index < -0.39 is 5.41 Å². The van der Waals surface area contributed by atoms with E-state index in [9.17, 15) is 9.59 Å². The minimum absolute atomic E-state index is 0.0269. The molecule has 15 heavy (non-hydrogen) atoms. The molecule has 0 saturated carbocycles. The molecule has 0 amide bonds. The zero-order chi connectivity index (χ0) is 12.1. The van der Waals surface area contributed by atoms with Crippen molar-refractivity contribution in [1.82, 2.24) is 0 Å². The summed E-state index contributed by atoms with van der Waals surface area (Å²) in [5.41, 5.74) is -0.940. The van der Waals surface area contributed by atoms with Gasteiger partial charge in [0.25, 0.3) is 0 Å². The Kier molecular flexibility index (Phi) is 5.55. The molecular formula is C12H22O3. The van der Waals surface area contributed by atoms with Crippen LogP contribution >= 0.6 is 0 Å². The molecule has 0 aliphatic heterocycles. The first-order chi connectivity index (χ1) is 6.97. The summed E-state index contributed by atoms with van der Waals surface area (Å²) in [4.78, 5) is 23.6. The Labute approximate surface area is 92.2 Å². The fourth-order valence-electron chi connectivity index (χ4n) is 2.04. The summed E-state index contributed by atoms with van der Waals surface area (Å²) in [5.74, 6) is -0.425. The number of carbonyl (C=O) groups is 2. The van der Waals surface area contributed by atoms with E-state index in [1.807, 2.05) is 20.8 Å². The Balaban J connectivity index is 5.15. The third-order valence-corrected chi connectivity index (χ3v) is 3.28. The van der Waals surface area contributed by atoms with Gasteiger partial charge in [-0.2, -0.15) is 0 Å². The molecule has 0 rings (SSSR count). The Morgan fingerprint density at radius 2 is 1.80 bits per heavy atom. The van der Waals surface area contributed by atoms with E-state index in [0.717, 1.165) is 6.42 Å². The van der Waals surface area contributed by atoms with Crippen LogP contribution in [0, 0.1) is 11.3 Å². The Bertz CT molecular complexity index is 235. The van der Waals surface area contributed by atoms with Crippen LogP contribution in [0.2, 0.25) is 0 Å². The third-order valence-electron chi connectivity index (χ3n) is 3.28. The minimum atomic E-state index is -0.940. The average molecular weight is 214 g/mol. The van der Waals surface area contributed by atoms with Gasteiger partial charge in [-0.3, -0.25) is 9.59 Å². The van der Waals surface area contributed by atoms with Crippen LogP contribution in [0.1, 0.15) is 47.5 Å². The zero-order valence-electron chi connectivity index (χ0n) is 10.4. The number of Topliss-reactive ketones (excluding diaryl/α,β-unsaturated/α-hetero) is 1. The van der Waals surface area contributed by atoms with Gasteiger partial charge in [0.05, 0.1) is 6.61 Å². The van der Waals surface area contributed by atoms with Gasteiger partial charge in [-0.05, 0) is 26.2 Å². The van der Waals surface area contributed by atoms with E-state index in [1.54, 1.807) is 6.92 Å². The molecule has 0 radical (unpaired) electrons.